The van der Waals surface area contributed by atoms with Crippen molar-refractivity contribution >= 4 is 22.5 Å². The van der Waals surface area contributed by atoms with Crippen molar-refractivity contribution in [2.45, 2.75) is 9.79 Å². The quantitative estimate of drug-likeness (QED) is 0.368. The first-order valence-corrected chi connectivity index (χ1v) is 9.69. The van der Waals surface area contributed by atoms with Crippen molar-refractivity contribution in [3.8, 4) is 23.6 Å². The van der Waals surface area contributed by atoms with E-state index in [0.29, 0.717) is 4.90 Å². The molecular weight excluding hydrogens is 402 g/mol. The van der Waals surface area contributed by atoms with Gasteiger partial charge in [0.1, 0.15) is 29.0 Å². The molecule has 4 rings (SSSR count). The molecule has 0 amide bonds. The van der Waals surface area contributed by atoms with E-state index < -0.39 is 28.5 Å². The van der Waals surface area contributed by atoms with Crippen molar-refractivity contribution in [2.24, 2.45) is 0 Å². The van der Waals surface area contributed by atoms with Crippen LogP contribution in [0.2, 0.25) is 0 Å². The molecule has 0 heterocycles. The molecule has 0 spiro atoms. The number of ether oxygens (including phenoxy) is 1. The van der Waals surface area contributed by atoms with E-state index in [9.17, 15) is 10.5 Å². The number of halogens is 2. The SMILES string of the molecule is N#Cc1c(F)c(Oc2ccccc2)c(Sc2cccc3ccccc23)c(F)c1C#N. The Balaban J connectivity index is 1.94. The third-order valence-corrected chi connectivity index (χ3v) is 5.59. The summed E-state index contributed by atoms with van der Waals surface area (Å²) in [7, 11) is 0. The number of nitrogens with zero attached hydrogens (tertiary/aromatic N) is 2. The lowest BCUT2D eigenvalue weighted by molar-refractivity contribution is 0.418. The number of fused-ring (bicyclic) bond motifs is 1. The van der Waals surface area contributed by atoms with Gasteiger partial charge in [-0.1, -0.05) is 66.4 Å². The minimum Gasteiger partial charge on any atom is -0.453 e. The average Bonchev–Trinajstić information content (AvgIpc) is 2.79. The summed E-state index contributed by atoms with van der Waals surface area (Å²) in [5.74, 6) is -2.20. The van der Waals surface area contributed by atoms with Crippen LogP contribution >= 0.6 is 11.8 Å². The first kappa shape index (κ1) is 19.4. The highest BCUT2D eigenvalue weighted by Gasteiger charge is 2.27. The summed E-state index contributed by atoms with van der Waals surface area (Å²) >= 11 is 0.952. The maximum Gasteiger partial charge on any atom is 0.186 e. The smallest absolute Gasteiger partial charge is 0.186 e. The van der Waals surface area contributed by atoms with Gasteiger partial charge in [0.25, 0.3) is 0 Å². The maximum absolute atomic E-state index is 15.3. The number of para-hydroxylation sites is 1. The van der Waals surface area contributed by atoms with Crippen LogP contribution in [0, 0.1) is 34.3 Å². The number of hydrogen-bond acceptors (Lipinski definition) is 4. The fraction of sp³-hybridized carbons (Fsp3) is 0. The van der Waals surface area contributed by atoms with Gasteiger partial charge in [0.05, 0.1) is 4.90 Å². The van der Waals surface area contributed by atoms with Gasteiger partial charge in [0, 0.05) is 4.90 Å². The van der Waals surface area contributed by atoms with Gasteiger partial charge >= 0.3 is 0 Å². The monoisotopic (exact) mass is 414 g/mol. The molecule has 0 radical (unpaired) electrons. The molecular formula is C24H12F2N2OS. The molecule has 0 atom stereocenters. The molecule has 0 saturated heterocycles. The van der Waals surface area contributed by atoms with E-state index in [1.165, 1.54) is 0 Å². The summed E-state index contributed by atoms with van der Waals surface area (Å²) in [5, 5.41) is 20.4. The number of nitriles is 2. The van der Waals surface area contributed by atoms with Crippen LogP contribution in [0.25, 0.3) is 10.8 Å². The van der Waals surface area contributed by atoms with Gasteiger partial charge in [-0.05, 0) is 29.0 Å². The van der Waals surface area contributed by atoms with Crippen molar-refractivity contribution in [3.63, 3.8) is 0 Å². The van der Waals surface area contributed by atoms with Crippen LogP contribution in [0.1, 0.15) is 11.1 Å². The van der Waals surface area contributed by atoms with Crippen LogP contribution in [0.15, 0.2) is 82.6 Å². The highest BCUT2D eigenvalue weighted by atomic mass is 32.2. The lowest BCUT2D eigenvalue weighted by Gasteiger charge is -2.16. The van der Waals surface area contributed by atoms with Gasteiger partial charge in [-0.25, -0.2) is 8.78 Å². The van der Waals surface area contributed by atoms with Gasteiger partial charge < -0.3 is 4.74 Å². The molecule has 144 valence electrons. The van der Waals surface area contributed by atoms with Crippen LogP contribution in [0.4, 0.5) is 8.78 Å². The lowest BCUT2D eigenvalue weighted by atomic mass is 10.1. The Bertz CT molecular complexity index is 1340. The van der Waals surface area contributed by atoms with Crippen molar-refractivity contribution in [3.05, 3.63) is 95.6 Å². The predicted octanol–water partition coefficient (Wildman–Crippen LogP) is 6.80. The van der Waals surface area contributed by atoms with Crippen LogP contribution in [-0.4, -0.2) is 0 Å². The van der Waals surface area contributed by atoms with E-state index >= 15 is 8.78 Å². The third-order valence-electron chi connectivity index (χ3n) is 4.44. The largest absolute Gasteiger partial charge is 0.453 e. The van der Waals surface area contributed by atoms with Crippen LogP contribution < -0.4 is 4.74 Å². The molecule has 0 aromatic heterocycles. The van der Waals surface area contributed by atoms with Gasteiger partial charge in [0.2, 0.25) is 0 Å². The van der Waals surface area contributed by atoms with E-state index in [-0.39, 0.29) is 10.6 Å². The molecule has 0 fully saturated rings. The summed E-state index contributed by atoms with van der Waals surface area (Å²) in [6.45, 7) is 0. The molecule has 4 aromatic rings. The summed E-state index contributed by atoms with van der Waals surface area (Å²) in [5.41, 5.74) is -1.32. The number of rotatable bonds is 4. The Hall–Kier alpha value is -3.87. The lowest BCUT2D eigenvalue weighted by Crippen LogP contribution is -2.02. The molecule has 0 saturated carbocycles. The molecule has 0 aliphatic rings. The Morgan fingerprint density at radius 1 is 0.733 bits per heavy atom. The highest BCUT2D eigenvalue weighted by molar-refractivity contribution is 7.99. The van der Waals surface area contributed by atoms with Gasteiger partial charge in [0.15, 0.2) is 17.4 Å². The first-order valence-electron chi connectivity index (χ1n) is 8.87. The second-order valence-electron chi connectivity index (χ2n) is 6.25. The Labute approximate surface area is 175 Å². The van der Waals surface area contributed by atoms with E-state index in [0.717, 1.165) is 22.5 Å². The molecule has 3 nitrogen and oxygen atoms in total. The van der Waals surface area contributed by atoms with E-state index in [2.05, 4.69) is 0 Å². The van der Waals surface area contributed by atoms with E-state index in [1.54, 1.807) is 48.5 Å². The van der Waals surface area contributed by atoms with Crippen molar-refractivity contribution in [1.82, 2.24) is 0 Å². The Morgan fingerprint density at radius 3 is 2.10 bits per heavy atom. The Morgan fingerprint density at radius 2 is 1.37 bits per heavy atom. The van der Waals surface area contributed by atoms with Crippen LogP contribution in [-0.2, 0) is 0 Å². The molecule has 0 aliphatic heterocycles. The summed E-state index contributed by atoms with van der Waals surface area (Å²) in [6, 6.07) is 24.5. The van der Waals surface area contributed by atoms with Gasteiger partial charge in [-0.2, -0.15) is 10.5 Å². The third kappa shape index (κ3) is 3.45. The summed E-state index contributed by atoms with van der Waals surface area (Å²) < 4.78 is 36.1. The molecule has 0 aliphatic carbocycles. The molecule has 0 N–H and O–H groups in total. The second kappa shape index (κ2) is 8.24. The standard InChI is InChI=1S/C24H12F2N2OS/c25-21-18(13-27)19(14-28)22(26)24(23(21)29-16-9-2-1-3-10-16)30-20-12-6-8-15-7-4-5-11-17(15)20/h1-12H. The fourth-order valence-electron chi connectivity index (χ4n) is 3.04. The highest BCUT2D eigenvalue weighted by Crippen LogP contribution is 2.45. The van der Waals surface area contributed by atoms with Gasteiger partial charge in [-0.3, -0.25) is 0 Å². The van der Waals surface area contributed by atoms with E-state index in [4.69, 9.17) is 4.74 Å². The second-order valence-corrected chi connectivity index (χ2v) is 7.31. The van der Waals surface area contributed by atoms with Crippen LogP contribution in [0.5, 0.6) is 11.5 Å². The van der Waals surface area contributed by atoms with Gasteiger partial charge in [-0.15, -0.1) is 0 Å². The zero-order chi connectivity index (χ0) is 21.1. The molecule has 30 heavy (non-hydrogen) atoms. The molecule has 6 heteroatoms. The zero-order valence-corrected chi connectivity index (χ0v) is 16.2. The fourth-order valence-corrected chi connectivity index (χ4v) is 4.12. The normalized spacial score (nSPS) is 10.4. The topological polar surface area (TPSA) is 56.8 Å². The van der Waals surface area contributed by atoms with Crippen molar-refractivity contribution < 1.29 is 13.5 Å². The summed E-state index contributed by atoms with van der Waals surface area (Å²) in [6.07, 6.45) is 0. The number of benzene rings is 4. The summed E-state index contributed by atoms with van der Waals surface area (Å²) in [4.78, 5) is 0.473. The number of hydrogen-bond donors (Lipinski definition) is 0. The minimum absolute atomic E-state index is 0.191. The van der Waals surface area contributed by atoms with Crippen molar-refractivity contribution in [2.75, 3.05) is 0 Å². The maximum atomic E-state index is 15.3. The minimum atomic E-state index is -1.07. The average molecular weight is 414 g/mol. The molecule has 0 bridgehead atoms. The molecule has 0 unspecified atom stereocenters. The zero-order valence-electron chi connectivity index (χ0n) is 15.4. The van der Waals surface area contributed by atoms with Crippen molar-refractivity contribution in [1.29, 1.82) is 10.5 Å². The molecule has 4 aromatic carbocycles. The van der Waals surface area contributed by atoms with Crippen LogP contribution in [0.3, 0.4) is 0 Å². The first-order chi connectivity index (χ1) is 14.6. The predicted molar refractivity (Wildman–Crippen MR) is 110 cm³/mol. The van der Waals surface area contributed by atoms with E-state index in [1.807, 2.05) is 36.4 Å². The Kier molecular flexibility index (Phi) is 5.34.